The van der Waals surface area contributed by atoms with Gasteiger partial charge in [-0.3, -0.25) is 0 Å². The van der Waals surface area contributed by atoms with E-state index < -0.39 is 0 Å². The number of aromatic nitrogens is 2. The Balaban J connectivity index is 2.90. The van der Waals surface area contributed by atoms with Gasteiger partial charge in [0.25, 0.3) is 0 Å². The molecule has 16 heavy (non-hydrogen) atoms. The lowest BCUT2D eigenvalue weighted by atomic mass is 10.1. The maximum atomic E-state index is 5.83. The molecule has 1 atom stereocenters. The first-order chi connectivity index (χ1) is 7.56. The van der Waals surface area contributed by atoms with Crippen molar-refractivity contribution < 1.29 is 4.74 Å². The fourth-order valence-electron chi connectivity index (χ4n) is 1.31. The summed E-state index contributed by atoms with van der Waals surface area (Å²) in [5.41, 5.74) is 6.76. The van der Waals surface area contributed by atoms with Gasteiger partial charge >= 0.3 is 0 Å². The molecule has 1 aromatic heterocycles. The SMILES string of the molecule is CCCc1c(N)ncnc1OC(C)C(C)C. The van der Waals surface area contributed by atoms with Crippen LogP contribution in [0.1, 0.15) is 39.7 Å². The van der Waals surface area contributed by atoms with Crippen LogP contribution in [0.5, 0.6) is 5.88 Å². The highest BCUT2D eigenvalue weighted by atomic mass is 16.5. The van der Waals surface area contributed by atoms with Gasteiger partial charge in [-0.25, -0.2) is 9.97 Å². The molecule has 4 nitrogen and oxygen atoms in total. The first kappa shape index (κ1) is 12.7. The van der Waals surface area contributed by atoms with Crippen molar-refractivity contribution in [3.63, 3.8) is 0 Å². The van der Waals surface area contributed by atoms with Gasteiger partial charge in [-0.1, -0.05) is 27.2 Å². The van der Waals surface area contributed by atoms with Gasteiger partial charge in [-0.2, -0.15) is 0 Å². The van der Waals surface area contributed by atoms with Gasteiger partial charge in [0, 0.05) is 0 Å². The van der Waals surface area contributed by atoms with E-state index in [-0.39, 0.29) is 6.10 Å². The summed E-state index contributed by atoms with van der Waals surface area (Å²) in [6, 6.07) is 0. The van der Waals surface area contributed by atoms with Crippen LogP contribution in [-0.2, 0) is 6.42 Å². The number of hydrogen-bond donors (Lipinski definition) is 1. The molecular formula is C12H21N3O. The Morgan fingerprint density at radius 1 is 1.31 bits per heavy atom. The summed E-state index contributed by atoms with van der Waals surface area (Å²) in [5, 5.41) is 0. The molecule has 0 radical (unpaired) electrons. The fourth-order valence-corrected chi connectivity index (χ4v) is 1.31. The van der Waals surface area contributed by atoms with Crippen molar-refractivity contribution in [3.05, 3.63) is 11.9 Å². The van der Waals surface area contributed by atoms with Crippen LogP contribution >= 0.6 is 0 Å². The summed E-state index contributed by atoms with van der Waals surface area (Å²) < 4.78 is 5.81. The molecule has 1 heterocycles. The van der Waals surface area contributed by atoms with E-state index in [2.05, 4.69) is 30.7 Å². The highest BCUT2D eigenvalue weighted by molar-refractivity contribution is 5.44. The number of anilines is 1. The molecule has 0 saturated carbocycles. The summed E-state index contributed by atoms with van der Waals surface area (Å²) in [7, 11) is 0. The standard InChI is InChI=1S/C12H21N3O/c1-5-6-10-11(13)14-7-15-12(10)16-9(4)8(2)3/h7-9H,5-6H2,1-4H3,(H2,13,14,15). The Labute approximate surface area is 97.2 Å². The summed E-state index contributed by atoms with van der Waals surface area (Å²) in [6.45, 7) is 8.38. The van der Waals surface area contributed by atoms with Crippen LogP contribution < -0.4 is 10.5 Å². The van der Waals surface area contributed by atoms with Gasteiger partial charge in [0.05, 0.1) is 11.7 Å². The third kappa shape index (κ3) is 3.08. The number of rotatable bonds is 5. The molecule has 1 rings (SSSR count). The smallest absolute Gasteiger partial charge is 0.222 e. The quantitative estimate of drug-likeness (QED) is 0.832. The average Bonchev–Trinajstić information content (AvgIpc) is 2.23. The molecule has 1 unspecified atom stereocenters. The average molecular weight is 223 g/mol. The van der Waals surface area contributed by atoms with Crippen LogP contribution in [-0.4, -0.2) is 16.1 Å². The summed E-state index contributed by atoms with van der Waals surface area (Å²) in [6.07, 6.45) is 3.44. The highest BCUT2D eigenvalue weighted by Gasteiger charge is 2.14. The second-order valence-electron chi connectivity index (χ2n) is 4.36. The van der Waals surface area contributed by atoms with Gasteiger partial charge < -0.3 is 10.5 Å². The lowest BCUT2D eigenvalue weighted by Crippen LogP contribution is -2.20. The molecule has 0 saturated heterocycles. The minimum atomic E-state index is 0.130. The van der Waals surface area contributed by atoms with Crippen LogP contribution in [0.2, 0.25) is 0 Å². The van der Waals surface area contributed by atoms with Gasteiger partial charge in [0.1, 0.15) is 12.1 Å². The fraction of sp³-hybridized carbons (Fsp3) is 0.667. The zero-order valence-corrected chi connectivity index (χ0v) is 10.5. The number of nitrogen functional groups attached to an aromatic ring is 1. The van der Waals surface area contributed by atoms with E-state index in [4.69, 9.17) is 10.5 Å². The first-order valence-electron chi connectivity index (χ1n) is 5.82. The molecule has 4 heteroatoms. The summed E-state index contributed by atoms with van der Waals surface area (Å²) in [5.74, 6) is 1.61. The minimum Gasteiger partial charge on any atom is -0.474 e. The number of ether oxygens (including phenoxy) is 1. The zero-order chi connectivity index (χ0) is 12.1. The van der Waals surface area contributed by atoms with E-state index in [1.54, 1.807) is 0 Å². The lowest BCUT2D eigenvalue weighted by molar-refractivity contribution is 0.161. The molecule has 0 spiro atoms. The predicted octanol–water partition coefficient (Wildman–Crippen LogP) is 2.43. The van der Waals surface area contributed by atoms with E-state index in [1.807, 2.05) is 6.92 Å². The van der Waals surface area contributed by atoms with Gasteiger partial charge in [-0.05, 0) is 19.3 Å². The zero-order valence-electron chi connectivity index (χ0n) is 10.5. The third-order valence-corrected chi connectivity index (χ3v) is 2.68. The number of nitrogens with zero attached hydrogens (tertiary/aromatic N) is 2. The second kappa shape index (κ2) is 5.68. The lowest BCUT2D eigenvalue weighted by Gasteiger charge is -2.19. The van der Waals surface area contributed by atoms with Crippen molar-refractivity contribution >= 4 is 5.82 Å². The Morgan fingerprint density at radius 2 is 2.00 bits per heavy atom. The van der Waals surface area contributed by atoms with Crippen molar-refractivity contribution in [3.8, 4) is 5.88 Å². The van der Waals surface area contributed by atoms with E-state index >= 15 is 0 Å². The van der Waals surface area contributed by atoms with Crippen molar-refractivity contribution in [2.75, 3.05) is 5.73 Å². The monoisotopic (exact) mass is 223 g/mol. The van der Waals surface area contributed by atoms with Crippen LogP contribution in [0.15, 0.2) is 6.33 Å². The van der Waals surface area contributed by atoms with Crippen LogP contribution in [0, 0.1) is 5.92 Å². The molecule has 0 aliphatic carbocycles. The molecule has 0 fully saturated rings. The molecule has 0 aliphatic rings. The largest absolute Gasteiger partial charge is 0.474 e. The van der Waals surface area contributed by atoms with Gasteiger partial charge in [0.2, 0.25) is 5.88 Å². The highest BCUT2D eigenvalue weighted by Crippen LogP contribution is 2.23. The van der Waals surface area contributed by atoms with E-state index in [9.17, 15) is 0 Å². The second-order valence-corrected chi connectivity index (χ2v) is 4.36. The van der Waals surface area contributed by atoms with Crippen LogP contribution in [0.25, 0.3) is 0 Å². The Kier molecular flexibility index (Phi) is 4.52. The van der Waals surface area contributed by atoms with Crippen molar-refractivity contribution in [1.29, 1.82) is 0 Å². The van der Waals surface area contributed by atoms with Crippen molar-refractivity contribution in [2.24, 2.45) is 5.92 Å². The minimum absolute atomic E-state index is 0.130. The van der Waals surface area contributed by atoms with Gasteiger partial charge in [-0.15, -0.1) is 0 Å². The molecular weight excluding hydrogens is 202 g/mol. The Morgan fingerprint density at radius 3 is 2.56 bits per heavy atom. The summed E-state index contributed by atoms with van der Waals surface area (Å²) in [4.78, 5) is 8.16. The Hall–Kier alpha value is -1.32. The maximum Gasteiger partial charge on any atom is 0.222 e. The third-order valence-electron chi connectivity index (χ3n) is 2.68. The van der Waals surface area contributed by atoms with E-state index in [0.717, 1.165) is 18.4 Å². The predicted molar refractivity (Wildman–Crippen MR) is 65.4 cm³/mol. The molecule has 1 aromatic rings. The van der Waals surface area contributed by atoms with Crippen LogP contribution in [0.4, 0.5) is 5.82 Å². The first-order valence-corrected chi connectivity index (χ1v) is 5.82. The molecule has 90 valence electrons. The summed E-state index contributed by atoms with van der Waals surface area (Å²) >= 11 is 0. The number of nitrogens with two attached hydrogens (primary N) is 1. The molecule has 0 bridgehead atoms. The van der Waals surface area contributed by atoms with Crippen molar-refractivity contribution in [2.45, 2.75) is 46.6 Å². The Bertz CT molecular complexity index is 339. The van der Waals surface area contributed by atoms with Gasteiger partial charge in [0.15, 0.2) is 0 Å². The van der Waals surface area contributed by atoms with E-state index in [1.165, 1.54) is 6.33 Å². The molecule has 0 amide bonds. The molecule has 0 aromatic carbocycles. The van der Waals surface area contributed by atoms with Crippen LogP contribution in [0.3, 0.4) is 0 Å². The maximum absolute atomic E-state index is 5.83. The topological polar surface area (TPSA) is 61.0 Å². The van der Waals surface area contributed by atoms with Crippen molar-refractivity contribution in [1.82, 2.24) is 9.97 Å². The van der Waals surface area contributed by atoms with E-state index in [0.29, 0.717) is 17.6 Å². The number of hydrogen-bond acceptors (Lipinski definition) is 4. The molecule has 2 N–H and O–H groups in total. The molecule has 0 aliphatic heterocycles. The normalized spacial score (nSPS) is 12.8.